The molecule has 0 amide bonds. The molecule has 0 aliphatic carbocycles. The molecule has 12 aromatic rings. The minimum absolute atomic E-state index is 0.610. The van der Waals surface area contributed by atoms with Crippen molar-refractivity contribution in [1.82, 2.24) is 19.5 Å². The average Bonchev–Trinajstić information content (AvgIpc) is 3.86. The van der Waals surface area contributed by atoms with Crippen molar-refractivity contribution in [2.75, 3.05) is 0 Å². The van der Waals surface area contributed by atoms with Crippen LogP contribution in [0.15, 0.2) is 206 Å². The Labute approximate surface area is 350 Å². The van der Waals surface area contributed by atoms with Crippen molar-refractivity contribution in [3.63, 3.8) is 0 Å². The van der Waals surface area contributed by atoms with Crippen LogP contribution in [0.4, 0.5) is 0 Å². The summed E-state index contributed by atoms with van der Waals surface area (Å²) < 4.78 is 4.99. The third kappa shape index (κ3) is 5.70. The summed E-state index contributed by atoms with van der Waals surface area (Å²) in [6, 6.07) is 73.3. The highest BCUT2D eigenvalue weighted by Gasteiger charge is 2.21. The van der Waals surface area contributed by atoms with Gasteiger partial charge in [0, 0.05) is 47.6 Å². The number of nitrogens with zero attached hydrogens (tertiary/aromatic N) is 4. The van der Waals surface area contributed by atoms with E-state index in [1.54, 1.807) is 0 Å². The first-order chi connectivity index (χ1) is 29.7. The number of fused-ring (bicyclic) bond motifs is 7. The van der Waals surface area contributed by atoms with E-state index in [1.807, 2.05) is 29.5 Å². The van der Waals surface area contributed by atoms with Crippen LogP contribution < -0.4 is 0 Å². The molecule has 12 rings (SSSR count). The van der Waals surface area contributed by atoms with Gasteiger partial charge in [-0.05, 0) is 69.4 Å². The Balaban J connectivity index is 1.07. The van der Waals surface area contributed by atoms with Crippen LogP contribution >= 0.6 is 11.3 Å². The quantitative estimate of drug-likeness (QED) is 0.169. The van der Waals surface area contributed by atoms with Crippen molar-refractivity contribution < 1.29 is 0 Å². The summed E-state index contributed by atoms with van der Waals surface area (Å²) in [5.41, 5.74) is 10.7. The SMILES string of the molecule is c1ccc(-c2ccc(-c3nc(-c4ccccc4)nc(-c4ccc(-c5cccc6c5sc5ccccc56)cc4)n3)c(-n3c4ccccc4c4cc5ccccc5cc43)c2)cc1. The Hall–Kier alpha value is -7.73. The third-order valence-electron chi connectivity index (χ3n) is 11.7. The molecule has 0 saturated heterocycles. The van der Waals surface area contributed by atoms with Gasteiger partial charge in [-0.25, -0.2) is 15.0 Å². The maximum atomic E-state index is 5.33. The molecule has 0 aliphatic heterocycles. The van der Waals surface area contributed by atoms with Crippen molar-refractivity contribution in [2.24, 2.45) is 0 Å². The predicted molar refractivity (Wildman–Crippen MR) is 252 cm³/mol. The highest BCUT2D eigenvalue weighted by molar-refractivity contribution is 7.26. The maximum Gasteiger partial charge on any atom is 0.166 e. The molecule has 3 heterocycles. The van der Waals surface area contributed by atoms with E-state index in [4.69, 9.17) is 15.0 Å². The van der Waals surface area contributed by atoms with Gasteiger partial charge in [-0.15, -0.1) is 11.3 Å². The van der Waals surface area contributed by atoms with Crippen molar-refractivity contribution in [1.29, 1.82) is 0 Å². The highest BCUT2D eigenvalue weighted by Crippen LogP contribution is 2.42. The summed E-state index contributed by atoms with van der Waals surface area (Å²) in [4.78, 5) is 15.7. The van der Waals surface area contributed by atoms with E-state index >= 15 is 0 Å². The number of hydrogen-bond acceptors (Lipinski definition) is 4. The van der Waals surface area contributed by atoms with Crippen LogP contribution in [0, 0.1) is 0 Å². The molecular weight excluding hydrogens is 749 g/mol. The number of rotatable bonds is 6. The largest absolute Gasteiger partial charge is 0.308 e. The fourth-order valence-corrected chi connectivity index (χ4v) is 9.98. The molecule has 0 atom stereocenters. The summed E-state index contributed by atoms with van der Waals surface area (Å²) >= 11 is 1.85. The van der Waals surface area contributed by atoms with Crippen molar-refractivity contribution in [3.05, 3.63) is 206 Å². The van der Waals surface area contributed by atoms with Gasteiger partial charge in [-0.3, -0.25) is 0 Å². The van der Waals surface area contributed by atoms with Crippen LogP contribution in [0.25, 0.3) is 115 Å². The molecule has 0 bridgehead atoms. The molecule has 5 heteroatoms. The molecular formula is C55H34N4S. The third-order valence-corrected chi connectivity index (χ3v) is 12.9. The second-order valence-corrected chi connectivity index (χ2v) is 16.2. The molecule has 3 aromatic heterocycles. The summed E-state index contributed by atoms with van der Waals surface area (Å²) in [5, 5.41) is 7.39. The van der Waals surface area contributed by atoms with Crippen LogP contribution in [-0.4, -0.2) is 19.5 Å². The highest BCUT2D eigenvalue weighted by atomic mass is 32.1. The van der Waals surface area contributed by atoms with Crippen molar-refractivity contribution >= 4 is 64.1 Å². The first-order valence-corrected chi connectivity index (χ1v) is 21.0. The molecule has 0 aliphatic rings. The minimum Gasteiger partial charge on any atom is -0.308 e. The number of thiophene rings is 1. The molecule has 0 radical (unpaired) electrons. The Kier molecular flexibility index (Phi) is 8.00. The summed E-state index contributed by atoms with van der Waals surface area (Å²) in [5.74, 6) is 1.86. The van der Waals surface area contributed by atoms with Gasteiger partial charge in [0.05, 0.1) is 16.7 Å². The summed E-state index contributed by atoms with van der Waals surface area (Å²) in [6.07, 6.45) is 0. The topological polar surface area (TPSA) is 43.6 Å². The van der Waals surface area contributed by atoms with E-state index in [0.29, 0.717) is 17.5 Å². The van der Waals surface area contributed by atoms with Gasteiger partial charge in [-0.1, -0.05) is 170 Å². The molecule has 0 unspecified atom stereocenters. The Morgan fingerprint density at radius 1 is 0.333 bits per heavy atom. The lowest BCUT2D eigenvalue weighted by molar-refractivity contribution is 1.06. The van der Waals surface area contributed by atoms with Gasteiger partial charge < -0.3 is 4.57 Å². The molecule has 280 valence electrons. The van der Waals surface area contributed by atoms with E-state index in [-0.39, 0.29) is 0 Å². The molecule has 60 heavy (non-hydrogen) atoms. The van der Waals surface area contributed by atoms with Crippen LogP contribution in [0.2, 0.25) is 0 Å². The minimum atomic E-state index is 0.610. The zero-order valence-electron chi connectivity index (χ0n) is 32.3. The van der Waals surface area contributed by atoms with Gasteiger partial charge in [0.1, 0.15) is 0 Å². The Morgan fingerprint density at radius 2 is 0.917 bits per heavy atom. The molecule has 0 N–H and O–H groups in total. The zero-order chi connectivity index (χ0) is 39.6. The van der Waals surface area contributed by atoms with Crippen LogP contribution in [0.5, 0.6) is 0 Å². The standard InChI is InChI=1S/C55H34N4S/c1-3-14-35(15-4-1)41-30-31-46(49(34-41)59-48-24-11-9-20-43(48)47-32-39-18-7-8-19-40(39)33-50(47)59)55-57-53(37-16-5-2-6-17-37)56-54(58-55)38-28-26-36(27-29-38)42-22-13-23-45-44-21-10-12-25-51(44)60-52(42)45/h1-34H. The predicted octanol–water partition coefficient (Wildman–Crippen LogP) is 14.8. The number of benzene rings is 9. The van der Waals surface area contributed by atoms with Gasteiger partial charge in [0.2, 0.25) is 0 Å². The maximum absolute atomic E-state index is 5.33. The summed E-state index contributed by atoms with van der Waals surface area (Å²) in [7, 11) is 0. The van der Waals surface area contributed by atoms with Gasteiger partial charge in [0.25, 0.3) is 0 Å². The fraction of sp³-hybridized carbons (Fsp3) is 0. The van der Waals surface area contributed by atoms with Gasteiger partial charge in [0.15, 0.2) is 17.5 Å². The fourth-order valence-electron chi connectivity index (χ4n) is 8.75. The van der Waals surface area contributed by atoms with E-state index in [9.17, 15) is 0 Å². The average molecular weight is 783 g/mol. The van der Waals surface area contributed by atoms with E-state index in [0.717, 1.165) is 50.1 Å². The molecule has 0 fully saturated rings. The first-order valence-electron chi connectivity index (χ1n) is 20.2. The van der Waals surface area contributed by atoms with Gasteiger partial charge >= 0.3 is 0 Å². The van der Waals surface area contributed by atoms with Crippen molar-refractivity contribution in [2.45, 2.75) is 0 Å². The molecule has 9 aromatic carbocycles. The van der Waals surface area contributed by atoms with E-state index < -0.39 is 0 Å². The van der Waals surface area contributed by atoms with Gasteiger partial charge in [-0.2, -0.15) is 0 Å². The lowest BCUT2D eigenvalue weighted by Gasteiger charge is -2.16. The number of para-hydroxylation sites is 1. The van der Waals surface area contributed by atoms with E-state index in [1.165, 1.54) is 47.3 Å². The monoisotopic (exact) mass is 782 g/mol. The van der Waals surface area contributed by atoms with Crippen molar-refractivity contribution in [3.8, 4) is 62.1 Å². The second kappa shape index (κ2) is 14.0. The first kappa shape index (κ1) is 34.3. The molecule has 0 saturated carbocycles. The Bertz CT molecular complexity index is 3590. The lowest BCUT2D eigenvalue weighted by Crippen LogP contribution is -2.04. The second-order valence-electron chi connectivity index (χ2n) is 15.2. The normalized spacial score (nSPS) is 11.7. The molecule has 4 nitrogen and oxygen atoms in total. The van der Waals surface area contributed by atoms with E-state index in [2.05, 4.69) is 193 Å². The van der Waals surface area contributed by atoms with Crippen LogP contribution in [0.3, 0.4) is 0 Å². The smallest absolute Gasteiger partial charge is 0.166 e. The molecule has 0 spiro atoms. The van der Waals surface area contributed by atoms with Crippen LogP contribution in [-0.2, 0) is 0 Å². The zero-order valence-corrected chi connectivity index (χ0v) is 33.1. The van der Waals surface area contributed by atoms with Crippen LogP contribution in [0.1, 0.15) is 0 Å². The number of aromatic nitrogens is 4. The lowest BCUT2D eigenvalue weighted by atomic mass is 10.0. The number of hydrogen-bond donors (Lipinski definition) is 0. The summed E-state index contributed by atoms with van der Waals surface area (Å²) in [6.45, 7) is 0. The Morgan fingerprint density at radius 3 is 1.70 bits per heavy atom.